The first-order valence-corrected chi connectivity index (χ1v) is 4.90. The third-order valence-electron chi connectivity index (χ3n) is 2.60. The predicted octanol–water partition coefficient (Wildman–Crippen LogP) is 1.83. The summed E-state index contributed by atoms with van der Waals surface area (Å²) in [7, 11) is 0. The Bertz CT molecular complexity index is 531. The molecule has 0 bridgehead atoms. The van der Waals surface area contributed by atoms with Crippen molar-refractivity contribution < 1.29 is 14.0 Å². The molecular formula is C12H9N2O2+. The van der Waals surface area contributed by atoms with E-state index in [4.69, 9.17) is 4.74 Å². The van der Waals surface area contributed by atoms with E-state index in [-0.39, 0.29) is 4.48 Å². The molecule has 1 unspecified atom stereocenters. The average molecular weight is 213 g/mol. The third-order valence-corrected chi connectivity index (χ3v) is 2.60. The summed E-state index contributed by atoms with van der Waals surface area (Å²) in [5.41, 5.74) is 0.950. The van der Waals surface area contributed by atoms with Gasteiger partial charge in [0.25, 0.3) is 0 Å². The minimum atomic E-state index is -0.0791. The first kappa shape index (κ1) is 9.06. The van der Waals surface area contributed by atoms with Gasteiger partial charge in [0, 0.05) is 5.56 Å². The molecule has 0 fully saturated rings. The summed E-state index contributed by atoms with van der Waals surface area (Å²) < 4.78 is 5.52. The van der Waals surface area contributed by atoms with Gasteiger partial charge in [-0.05, 0) is 0 Å². The Labute approximate surface area is 92.4 Å². The van der Waals surface area contributed by atoms with E-state index in [0.29, 0.717) is 11.6 Å². The van der Waals surface area contributed by atoms with Crippen LogP contribution in [0.2, 0.25) is 0 Å². The molecule has 4 nitrogen and oxygen atoms in total. The Hall–Kier alpha value is -2.20. The zero-order valence-corrected chi connectivity index (χ0v) is 8.41. The minimum Gasteiger partial charge on any atom is -0.404 e. The molecule has 0 aliphatic carbocycles. The highest BCUT2D eigenvalue weighted by Gasteiger charge is 2.43. The molecule has 1 aromatic rings. The lowest BCUT2D eigenvalue weighted by molar-refractivity contribution is -0.651. The van der Waals surface area contributed by atoms with Gasteiger partial charge in [0.05, 0.1) is 0 Å². The summed E-state index contributed by atoms with van der Waals surface area (Å²) in [5.74, 6) is 1.21. The molecule has 1 amide bonds. The van der Waals surface area contributed by atoms with Crippen LogP contribution in [0.3, 0.4) is 0 Å². The number of hydrogen-bond donors (Lipinski definition) is 0. The molecule has 0 saturated heterocycles. The largest absolute Gasteiger partial charge is 0.404 e. The molecule has 2 heterocycles. The average Bonchev–Trinajstić information content (AvgIpc) is 2.86. The molecule has 0 aromatic heterocycles. The van der Waals surface area contributed by atoms with Crippen molar-refractivity contribution in [3.8, 4) is 0 Å². The van der Waals surface area contributed by atoms with Crippen molar-refractivity contribution in [2.24, 2.45) is 4.99 Å². The Morgan fingerprint density at radius 3 is 2.75 bits per heavy atom. The lowest BCUT2D eigenvalue weighted by Crippen LogP contribution is -2.33. The van der Waals surface area contributed by atoms with Crippen LogP contribution in [0.25, 0.3) is 5.76 Å². The zero-order chi connectivity index (χ0) is 11.0. The summed E-state index contributed by atoms with van der Waals surface area (Å²) in [4.78, 5) is 15.0. The summed E-state index contributed by atoms with van der Waals surface area (Å²) in [6, 6.07) is 9.66. The summed E-state index contributed by atoms with van der Waals surface area (Å²) in [5, 5.41) is 0. The van der Waals surface area contributed by atoms with Gasteiger partial charge in [-0.15, -0.1) is 4.48 Å². The molecule has 2 aliphatic heterocycles. The van der Waals surface area contributed by atoms with Crippen molar-refractivity contribution >= 4 is 18.5 Å². The fourth-order valence-corrected chi connectivity index (χ4v) is 1.75. The molecule has 0 N–H and O–H groups in total. The van der Waals surface area contributed by atoms with E-state index in [0.717, 1.165) is 12.0 Å². The summed E-state index contributed by atoms with van der Waals surface area (Å²) >= 11 is 0. The second-order valence-corrected chi connectivity index (χ2v) is 3.63. The first-order chi connectivity index (χ1) is 7.84. The molecule has 1 atom stereocenters. The van der Waals surface area contributed by atoms with Crippen LogP contribution in [0, 0.1) is 0 Å². The van der Waals surface area contributed by atoms with Gasteiger partial charge < -0.3 is 4.74 Å². The number of aliphatic imine (C=N–C) groups is 1. The molecule has 78 valence electrons. The van der Waals surface area contributed by atoms with Gasteiger partial charge in [-0.1, -0.05) is 30.3 Å². The number of hydrogen-bond acceptors (Lipinski definition) is 3. The van der Waals surface area contributed by atoms with Gasteiger partial charge in [-0.2, -0.15) is 0 Å². The van der Waals surface area contributed by atoms with Gasteiger partial charge in [-0.25, -0.2) is 9.79 Å². The fourth-order valence-electron chi connectivity index (χ4n) is 1.75. The van der Waals surface area contributed by atoms with Crippen LogP contribution in [0.5, 0.6) is 0 Å². The predicted molar refractivity (Wildman–Crippen MR) is 58.4 cm³/mol. The Kier molecular flexibility index (Phi) is 1.78. The summed E-state index contributed by atoms with van der Waals surface area (Å²) in [6.07, 6.45) is 5.63. The number of rotatable bonds is 2. The van der Waals surface area contributed by atoms with E-state index in [1.54, 1.807) is 12.4 Å². The quantitative estimate of drug-likeness (QED) is 0.555. The molecule has 0 radical (unpaired) electrons. The first-order valence-electron chi connectivity index (χ1n) is 4.90. The van der Waals surface area contributed by atoms with Crippen LogP contribution in [-0.4, -0.2) is 17.2 Å². The van der Waals surface area contributed by atoms with Gasteiger partial charge in [0.1, 0.15) is 6.20 Å². The van der Waals surface area contributed by atoms with Crippen LogP contribution < -0.4 is 0 Å². The Morgan fingerprint density at radius 2 is 2.06 bits per heavy atom. The van der Waals surface area contributed by atoms with Gasteiger partial charge in [0.15, 0.2) is 12.0 Å². The maximum absolute atomic E-state index is 11.1. The smallest absolute Gasteiger partial charge is 0.334 e. The van der Waals surface area contributed by atoms with Crippen molar-refractivity contribution in [2.75, 3.05) is 0 Å². The summed E-state index contributed by atoms with van der Waals surface area (Å²) in [6.45, 7) is 0. The fraction of sp³-hybridized carbons (Fsp3) is 0. The molecule has 3 rings (SSSR count). The third kappa shape index (κ3) is 1.14. The van der Waals surface area contributed by atoms with Crippen LogP contribution in [0.15, 0.2) is 53.6 Å². The molecular weight excluding hydrogens is 204 g/mol. The van der Waals surface area contributed by atoms with Crippen molar-refractivity contribution in [1.29, 1.82) is 0 Å². The van der Waals surface area contributed by atoms with E-state index in [9.17, 15) is 4.79 Å². The van der Waals surface area contributed by atoms with Crippen molar-refractivity contribution in [2.45, 2.75) is 0 Å². The highest BCUT2D eigenvalue weighted by molar-refractivity contribution is 5.72. The van der Waals surface area contributed by atoms with E-state index >= 15 is 0 Å². The number of nitrogens with zero attached hydrogens (tertiary/aromatic N) is 2. The lowest BCUT2D eigenvalue weighted by Gasteiger charge is -2.10. The van der Waals surface area contributed by atoms with Gasteiger partial charge in [0.2, 0.25) is 6.34 Å². The highest BCUT2D eigenvalue weighted by Crippen LogP contribution is 2.35. The number of carbonyl (C=O) groups is 1. The standard InChI is InChI=1S/C12H9N2O2/c15-9-14-7-11(10-4-2-1-3-5-10)16-12(14)6-13-8-14/h1-9H/q+1. The van der Waals surface area contributed by atoms with Gasteiger partial charge >= 0.3 is 12.3 Å². The topological polar surface area (TPSA) is 38.7 Å². The van der Waals surface area contributed by atoms with Crippen LogP contribution in [0.4, 0.5) is 0 Å². The second-order valence-electron chi connectivity index (χ2n) is 3.63. The number of ether oxygens (including phenoxy) is 1. The van der Waals surface area contributed by atoms with Crippen molar-refractivity contribution in [3.63, 3.8) is 0 Å². The van der Waals surface area contributed by atoms with Crippen LogP contribution >= 0.6 is 0 Å². The number of quaternary nitrogens is 1. The Balaban J connectivity index is 2.06. The highest BCUT2D eigenvalue weighted by atomic mass is 16.5. The van der Waals surface area contributed by atoms with E-state index < -0.39 is 0 Å². The zero-order valence-electron chi connectivity index (χ0n) is 8.41. The Morgan fingerprint density at radius 1 is 1.25 bits per heavy atom. The molecule has 2 aliphatic rings. The minimum absolute atomic E-state index is 0.0791. The molecule has 1 aromatic carbocycles. The molecule has 0 spiro atoms. The normalized spacial score (nSPS) is 25.8. The van der Waals surface area contributed by atoms with Crippen LogP contribution in [-0.2, 0) is 9.53 Å². The maximum atomic E-state index is 11.1. The van der Waals surface area contributed by atoms with Crippen molar-refractivity contribution in [1.82, 2.24) is 0 Å². The maximum Gasteiger partial charge on any atom is 0.334 e. The number of carbonyl (C=O) groups excluding carboxylic acids is 1. The lowest BCUT2D eigenvalue weighted by atomic mass is 10.2. The second kappa shape index (κ2) is 3.15. The molecule has 4 heteroatoms. The molecule has 16 heavy (non-hydrogen) atoms. The van der Waals surface area contributed by atoms with E-state index in [1.807, 2.05) is 30.3 Å². The monoisotopic (exact) mass is 213 g/mol. The van der Waals surface area contributed by atoms with Gasteiger partial charge in [-0.3, -0.25) is 0 Å². The van der Waals surface area contributed by atoms with Crippen molar-refractivity contribution in [3.05, 3.63) is 54.2 Å². The number of fused-ring (bicyclic) bond motifs is 1. The van der Waals surface area contributed by atoms with Crippen LogP contribution in [0.1, 0.15) is 5.56 Å². The van der Waals surface area contributed by atoms with E-state index in [1.165, 1.54) is 6.34 Å². The van der Waals surface area contributed by atoms with E-state index in [2.05, 4.69) is 4.99 Å². The number of amides is 1. The molecule has 0 saturated carbocycles. The number of benzene rings is 1. The SMILES string of the molecule is O=C[N+]12C=NC=C1OC(c1ccccc1)=C2.